The molecule has 0 aliphatic rings. The fourth-order valence-electron chi connectivity index (χ4n) is 2.23. The van der Waals surface area contributed by atoms with Crippen molar-refractivity contribution in [2.45, 2.75) is 19.8 Å². The second-order valence-electron chi connectivity index (χ2n) is 4.93. The van der Waals surface area contributed by atoms with Crippen LogP contribution in [0.15, 0.2) is 18.2 Å². The number of methoxy groups -OCH3 is 2. The summed E-state index contributed by atoms with van der Waals surface area (Å²) in [4.78, 5) is 23.4. The van der Waals surface area contributed by atoms with E-state index in [4.69, 9.17) is 14.6 Å². The first-order valence-corrected chi connectivity index (χ1v) is 8.63. The zero-order valence-corrected chi connectivity index (χ0v) is 14.4. The van der Waals surface area contributed by atoms with Gasteiger partial charge in [0.05, 0.1) is 0 Å². The molecule has 0 saturated carbocycles. The molecule has 0 aliphatic heterocycles. The Bertz CT molecular complexity index is 663. The minimum atomic E-state index is -0.914. The van der Waals surface area contributed by atoms with Crippen LogP contribution in [0.4, 0.5) is 0 Å². The Kier molecular flexibility index (Phi) is 5.27. The van der Waals surface area contributed by atoms with Crippen LogP contribution < -0.4 is 9.47 Å². The number of benzene rings is 1. The van der Waals surface area contributed by atoms with Crippen LogP contribution in [-0.2, 0) is 4.79 Å². The summed E-state index contributed by atoms with van der Waals surface area (Å²) in [6.07, 6.45) is 0.512. The van der Waals surface area contributed by atoms with E-state index in [0.29, 0.717) is 22.4 Å². The molecule has 1 aromatic carbocycles. The number of carboxylic acid groups (broad SMARTS) is 1. The van der Waals surface area contributed by atoms with Crippen molar-refractivity contribution in [3.05, 3.63) is 22.6 Å². The molecule has 1 unspecified atom stereocenters. The number of ether oxygens (including phenoxy) is 2. The van der Waals surface area contributed by atoms with E-state index in [9.17, 15) is 9.59 Å². The van der Waals surface area contributed by atoms with Crippen LogP contribution in [-0.4, -0.2) is 45.6 Å². The van der Waals surface area contributed by atoms with Gasteiger partial charge in [-0.2, -0.15) is 0 Å². The fraction of sp³-hybridized carbons (Fsp3) is 0.375. The van der Waals surface area contributed by atoms with E-state index in [-0.39, 0.29) is 26.7 Å². The number of fused-ring (bicyclic) bond motifs is 1. The third-order valence-corrected chi connectivity index (χ3v) is 5.96. The van der Waals surface area contributed by atoms with Crippen LogP contribution in [0.5, 0.6) is 11.5 Å². The summed E-state index contributed by atoms with van der Waals surface area (Å²) in [7, 11) is 3.14. The third-order valence-electron chi connectivity index (χ3n) is 3.57. The molecule has 0 aliphatic carbocycles. The quantitative estimate of drug-likeness (QED) is 0.600. The normalized spacial score (nSPS) is 12.1. The molecular weight excluding hydrogens is 351 g/mol. The molecule has 0 bridgehead atoms. The fourth-order valence-corrected chi connectivity index (χ4v) is 4.38. The molecule has 6 heteroatoms. The van der Waals surface area contributed by atoms with E-state index in [1.807, 2.05) is 18.2 Å². The molecular formula is C16H18O5Se. The topological polar surface area (TPSA) is 72.8 Å². The molecule has 2 aromatic rings. The second-order valence-corrected chi connectivity index (χ2v) is 7.20. The number of hydrogen-bond acceptors (Lipinski definition) is 4. The number of carbonyl (C=O) groups excluding carboxylic acids is 1. The van der Waals surface area contributed by atoms with Crippen molar-refractivity contribution < 1.29 is 24.2 Å². The zero-order valence-electron chi connectivity index (χ0n) is 12.7. The first kappa shape index (κ1) is 16.6. The van der Waals surface area contributed by atoms with E-state index in [0.717, 1.165) is 9.65 Å². The molecule has 0 spiro atoms. The monoisotopic (exact) mass is 370 g/mol. The Morgan fingerprint density at radius 2 is 1.82 bits per heavy atom. The van der Waals surface area contributed by atoms with Crippen molar-refractivity contribution in [3.63, 3.8) is 0 Å². The second kappa shape index (κ2) is 6.99. The first-order chi connectivity index (χ1) is 10.5. The Morgan fingerprint density at radius 1 is 1.18 bits per heavy atom. The van der Waals surface area contributed by atoms with Crippen LogP contribution in [0.3, 0.4) is 0 Å². The molecule has 22 heavy (non-hydrogen) atoms. The van der Waals surface area contributed by atoms with E-state index in [2.05, 4.69) is 0 Å². The van der Waals surface area contributed by atoms with E-state index < -0.39 is 11.9 Å². The van der Waals surface area contributed by atoms with Crippen LogP contribution in [0, 0.1) is 5.92 Å². The van der Waals surface area contributed by atoms with Crippen LogP contribution in [0.1, 0.15) is 29.0 Å². The van der Waals surface area contributed by atoms with Gasteiger partial charge in [-0.15, -0.1) is 0 Å². The van der Waals surface area contributed by atoms with Crippen LogP contribution in [0.25, 0.3) is 9.65 Å². The van der Waals surface area contributed by atoms with Crippen molar-refractivity contribution in [1.29, 1.82) is 0 Å². The van der Waals surface area contributed by atoms with Gasteiger partial charge in [-0.05, 0) is 0 Å². The van der Waals surface area contributed by atoms with Crippen molar-refractivity contribution in [1.82, 2.24) is 0 Å². The maximum atomic E-state index is 12.3. The van der Waals surface area contributed by atoms with Crippen molar-refractivity contribution >= 4 is 35.9 Å². The summed E-state index contributed by atoms with van der Waals surface area (Å²) in [5.74, 6) is -0.343. The average molecular weight is 369 g/mol. The zero-order chi connectivity index (χ0) is 16.3. The SMILES string of the molecule is CCC(CC(=O)c1cc2cc(OC)c(OC)cc2[se]1)C(=O)O. The molecule has 0 saturated heterocycles. The van der Waals surface area contributed by atoms with Crippen LogP contribution >= 0.6 is 0 Å². The van der Waals surface area contributed by atoms with Gasteiger partial charge in [0.1, 0.15) is 0 Å². The van der Waals surface area contributed by atoms with Gasteiger partial charge in [0.2, 0.25) is 0 Å². The van der Waals surface area contributed by atoms with Gasteiger partial charge in [0.15, 0.2) is 0 Å². The predicted octanol–water partition coefficient (Wildman–Crippen LogP) is 2.60. The van der Waals surface area contributed by atoms with E-state index >= 15 is 0 Å². The Balaban J connectivity index is 2.32. The summed E-state index contributed by atoms with van der Waals surface area (Å²) in [6, 6.07) is 5.58. The molecule has 0 radical (unpaired) electrons. The summed E-state index contributed by atoms with van der Waals surface area (Å²) < 4.78 is 12.3. The van der Waals surface area contributed by atoms with E-state index in [1.54, 1.807) is 21.1 Å². The van der Waals surface area contributed by atoms with Crippen molar-refractivity contribution in [3.8, 4) is 11.5 Å². The van der Waals surface area contributed by atoms with Gasteiger partial charge in [0.25, 0.3) is 0 Å². The number of aliphatic carboxylic acids is 1. The number of carboxylic acids is 1. The molecule has 1 aromatic heterocycles. The summed E-state index contributed by atoms with van der Waals surface area (Å²) in [5, 5.41) is 10.0. The maximum absolute atomic E-state index is 12.3. The Labute approximate surface area is 134 Å². The first-order valence-electron chi connectivity index (χ1n) is 6.91. The van der Waals surface area contributed by atoms with Gasteiger partial charge < -0.3 is 0 Å². The summed E-state index contributed by atoms with van der Waals surface area (Å²) in [5.41, 5.74) is 0. The predicted molar refractivity (Wildman–Crippen MR) is 84.4 cm³/mol. The molecule has 1 N–H and O–H groups in total. The third kappa shape index (κ3) is 3.34. The molecule has 1 heterocycles. The summed E-state index contributed by atoms with van der Waals surface area (Å²) >= 11 is -0.122. The Morgan fingerprint density at radius 3 is 2.36 bits per heavy atom. The molecule has 2 rings (SSSR count). The van der Waals surface area contributed by atoms with Crippen molar-refractivity contribution in [2.75, 3.05) is 14.2 Å². The number of carbonyl (C=O) groups is 2. The average Bonchev–Trinajstić information content (AvgIpc) is 2.93. The minimum absolute atomic E-state index is 0.0572. The van der Waals surface area contributed by atoms with Gasteiger partial charge in [-0.3, -0.25) is 0 Å². The van der Waals surface area contributed by atoms with Gasteiger partial charge >= 0.3 is 134 Å². The standard InChI is InChI=1S/C16H18O5Se/c1-4-9(16(18)19)5-11(17)15-7-10-6-12(20-2)13(21-3)8-14(10)22-15/h6-9H,4-5H2,1-3H3,(H,18,19). The van der Waals surface area contributed by atoms with Gasteiger partial charge in [-0.25, -0.2) is 0 Å². The number of rotatable bonds is 7. The number of ketones is 1. The number of Topliss-reactive ketones (excluding diaryl/α,β-unsaturated/α-hetero) is 1. The molecule has 5 nitrogen and oxygen atoms in total. The number of hydrogen-bond donors (Lipinski definition) is 1. The molecule has 0 amide bonds. The summed E-state index contributed by atoms with van der Waals surface area (Å²) in [6.45, 7) is 1.78. The molecule has 1 atom stereocenters. The van der Waals surface area contributed by atoms with Crippen molar-refractivity contribution in [2.24, 2.45) is 5.92 Å². The van der Waals surface area contributed by atoms with Gasteiger partial charge in [-0.1, -0.05) is 0 Å². The van der Waals surface area contributed by atoms with E-state index in [1.165, 1.54) is 0 Å². The Hall–Kier alpha value is -1.78. The van der Waals surface area contributed by atoms with Gasteiger partial charge in [0, 0.05) is 0 Å². The molecule has 118 valence electrons. The molecule has 0 fully saturated rings. The van der Waals surface area contributed by atoms with Crippen LogP contribution in [0.2, 0.25) is 0 Å².